The lowest BCUT2D eigenvalue weighted by Gasteiger charge is -2.11. The average Bonchev–Trinajstić information content (AvgIpc) is 3.30. The van der Waals surface area contributed by atoms with Crippen LogP contribution in [0.15, 0.2) is 42.5 Å². The summed E-state index contributed by atoms with van der Waals surface area (Å²) in [5, 5.41) is 9.04. The molecule has 102 valence electrons. The predicted octanol–water partition coefficient (Wildman–Crippen LogP) is 3.24. The van der Waals surface area contributed by atoms with E-state index >= 15 is 0 Å². The normalized spacial score (nSPS) is 14.0. The maximum absolute atomic E-state index is 11.0. The number of nitrogens with zero attached hydrogens (tertiary/aromatic N) is 1. The number of carboxylic acids is 1. The third kappa shape index (κ3) is 2.79. The minimum atomic E-state index is -1.04. The van der Waals surface area contributed by atoms with Crippen LogP contribution in [0.1, 0.15) is 23.3 Å². The van der Waals surface area contributed by atoms with Crippen molar-refractivity contribution in [2.75, 3.05) is 6.61 Å². The second kappa shape index (κ2) is 5.33. The quantitative estimate of drug-likeness (QED) is 0.905. The summed E-state index contributed by atoms with van der Waals surface area (Å²) in [6, 6.07) is 13.0. The van der Waals surface area contributed by atoms with Gasteiger partial charge in [-0.25, -0.2) is 9.78 Å². The van der Waals surface area contributed by atoms with Crippen molar-refractivity contribution >= 4 is 5.97 Å². The minimum absolute atomic E-state index is 0.00970. The summed E-state index contributed by atoms with van der Waals surface area (Å²) >= 11 is 0. The van der Waals surface area contributed by atoms with E-state index in [1.165, 1.54) is 18.9 Å². The van der Waals surface area contributed by atoms with Crippen LogP contribution in [0.4, 0.5) is 0 Å². The third-order valence-corrected chi connectivity index (χ3v) is 3.32. The molecule has 0 bridgehead atoms. The molecule has 20 heavy (non-hydrogen) atoms. The fourth-order valence-corrected chi connectivity index (χ4v) is 1.99. The summed E-state index contributed by atoms with van der Waals surface area (Å²) in [5.41, 5.74) is 1.81. The van der Waals surface area contributed by atoms with Crippen molar-refractivity contribution in [2.24, 2.45) is 5.92 Å². The lowest BCUT2D eigenvalue weighted by Crippen LogP contribution is -2.06. The first-order chi connectivity index (χ1) is 9.74. The van der Waals surface area contributed by atoms with Crippen LogP contribution in [0.2, 0.25) is 0 Å². The highest BCUT2D eigenvalue weighted by Crippen LogP contribution is 2.32. The SMILES string of the molecule is O=C(O)c1ccc(-c2ccccc2)c(OCC2CC2)n1. The van der Waals surface area contributed by atoms with E-state index in [9.17, 15) is 4.79 Å². The van der Waals surface area contributed by atoms with Gasteiger partial charge in [0.15, 0.2) is 5.69 Å². The molecule has 4 heteroatoms. The summed E-state index contributed by atoms with van der Waals surface area (Å²) in [4.78, 5) is 15.2. The molecule has 0 atom stereocenters. The summed E-state index contributed by atoms with van der Waals surface area (Å²) in [6.07, 6.45) is 2.36. The predicted molar refractivity (Wildman–Crippen MR) is 74.9 cm³/mol. The zero-order valence-corrected chi connectivity index (χ0v) is 11.0. The average molecular weight is 269 g/mol. The number of hydrogen-bond acceptors (Lipinski definition) is 3. The summed E-state index contributed by atoms with van der Waals surface area (Å²) in [6.45, 7) is 0.607. The molecule has 1 fully saturated rings. The van der Waals surface area contributed by atoms with E-state index in [1.54, 1.807) is 6.07 Å². The van der Waals surface area contributed by atoms with E-state index in [0.717, 1.165) is 11.1 Å². The number of rotatable bonds is 5. The van der Waals surface area contributed by atoms with Crippen molar-refractivity contribution in [3.63, 3.8) is 0 Å². The lowest BCUT2D eigenvalue weighted by molar-refractivity contribution is 0.0689. The highest BCUT2D eigenvalue weighted by atomic mass is 16.5. The molecule has 4 nitrogen and oxygen atoms in total. The highest BCUT2D eigenvalue weighted by molar-refractivity contribution is 5.86. The van der Waals surface area contributed by atoms with E-state index in [0.29, 0.717) is 18.4 Å². The standard InChI is InChI=1S/C16H15NO3/c18-16(19)14-9-8-13(12-4-2-1-3-5-12)15(17-14)20-10-11-6-7-11/h1-5,8-9,11H,6-7,10H2,(H,18,19). The van der Waals surface area contributed by atoms with E-state index < -0.39 is 5.97 Å². The van der Waals surface area contributed by atoms with Crippen LogP contribution in [-0.4, -0.2) is 22.7 Å². The zero-order valence-electron chi connectivity index (χ0n) is 11.0. The van der Waals surface area contributed by atoms with Crippen LogP contribution in [0.25, 0.3) is 11.1 Å². The van der Waals surface area contributed by atoms with Gasteiger partial charge in [0.05, 0.1) is 6.61 Å². The monoisotopic (exact) mass is 269 g/mol. The van der Waals surface area contributed by atoms with Crippen LogP contribution in [0, 0.1) is 5.92 Å². The first-order valence-electron chi connectivity index (χ1n) is 6.66. The number of ether oxygens (including phenoxy) is 1. The molecule has 0 amide bonds. The summed E-state index contributed by atoms with van der Waals surface area (Å²) in [5.74, 6) is -0.0437. The van der Waals surface area contributed by atoms with Crippen molar-refractivity contribution in [1.82, 2.24) is 4.98 Å². The van der Waals surface area contributed by atoms with Gasteiger partial charge < -0.3 is 9.84 Å². The molecule has 0 radical (unpaired) electrons. The smallest absolute Gasteiger partial charge is 0.354 e. The Hall–Kier alpha value is -2.36. The Morgan fingerprint density at radius 2 is 1.95 bits per heavy atom. The Morgan fingerprint density at radius 1 is 1.20 bits per heavy atom. The Labute approximate surface area is 117 Å². The number of aromatic nitrogens is 1. The van der Waals surface area contributed by atoms with Crippen LogP contribution in [-0.2, 0) is 0 Å². The van der Waals surface area contributed by atoms with Crippen LogP contribution in [0.3, 0.4) is 0 Å². The molecule has 0 saturated heterocycles. The Morgan fingerprint density at radius 3 is 2.60 bits per heavy atom. The largest absolute Gasteiger partial charge is 0.477 e. The van der Waals surface area contributed by atoms with Crippen LogP contribution >= 0.6 is 0 Å². The van der Waals surface area contributed by atoms with Crippen LogP contribution < -0.4 is 4.74 Å². The van der Waals surface area contributed by atoms with E-state index in [-0.39, 0.29) is 5.69 Å². The molecular formula is C16H15NO3. The number of carboxylic acid groups (broad SMARTS) is 1. The van der Waals surface area contributed by atoms with Gasteiger partial charge in [0, 0.05) is 5.56 Å². The number of aromatic carboxylic acids is 1. The Bertz CT molecular complexity index is 621. The van der Waals surface area contributed by atoms with Crippen molar-refractivity contribution < 1.29 is 14.6 Å². The molecule has 0 unspecified atom stereocenters. The summed E-state index contributed by atoms with van der Waals surface area (Å²) in [7, 11) is 0. The maximum atomic E-state index is 11.0. The molecule has 1 heterocycles. The number of pyridine rings is 1. The second-order valence-electron chi connectivity index (χ2n) is 4.97. The molecule has 0 aliphatic heterocycles. The number of carbonyl (C=O) groups is 1. The molecular weight excluding hydrogens is 254 g/mol. The molecule has 1 saturated carbocycles. The van der Waals surface area contributed by atoms with E-state index in [4.69, 9.17) is 9.84 Å². The van der Waals surface area contributed by atoms with Gasteiger partial charge in [-0.05, 0) is 36.5 Å². The van der Waals surface area contributed by atoms with Crippen molar-refractivity contribution in [2.45, 2.75) is 12.8 Å². The van der Waals surface area contributed by atoms with Gasteiger partial charge in [-0.1, -0.05) is 30.3 Å². The molecule has 1 N–H and O–H groups in total. The van der Waals surface area contributed by atoms with E-state index in [2.05, 4.69) is 4.98 Å². The van der Waals surface area contributed by atoms with Gasteiger partial charge in [0.1, 0.15) is 0 Å². The molecule has 0 spiro atoms. The molecule has 1 aromatic heterocycles. The number of hydrogen-bond donors (Lipinski definition) is 1. The molecule has 1 aromatic carbocycles. The fourth-order valence-electron chi connectivity index (χ4n) is 1.99. The third-order valence-electron chi connectivity index (χ3n) is 3.32. The van der Waals surface area contributed by atoms with Gasteiger partial charge in [0.25, 0.3) is 0 Å². The van der Waals surface area contributed by atoms with Crippen molar-refractivity contribution in [1.29, 1.82) is 0 Å². The van der Waals surface area contributed by atoms with Crippen molar-refractivity contribution in [3.8, 4) is 17.0 Å². The fraction of sp³-hybridized carbons (Fsp3) is 0.250. The first-order valence-corrected chi connectivity index (χ1v) is 6.66. The van der Waals surface area contributed by atoms with Crippen LogP contribution in [0.5, 0.6) is 5.88 Å². The molecule has 2 aromatic rings. The minimum Gasteiger partial charge on any atom is -0.477 e. The Balaban J connectivity index is 1.96. The maximum Gasteiger partial charge on any atom is 0.354 e. The first kappa shape index (κ1) is 12.7. The lowest BCUT2D eigenvalue weighted by atomic mass is 10.1. The second-order valence-corrected chi connectivity index (χ2v) is 4.97. The Kier molecular flexibility index (Phi) is 3.37. The van der Waals surface area contributed by atoms with Gasteiger partial charge in [-0.3, -0.25) is 0 Å². The molecule has 1 aliphatic rings. The van der Waals surface area contributed by atoms with Gasteiger partial charge >= 0.3 is 5.97 Å². The number of benzene rings is 1. The van der Waals surface area contributed by atoms with Gasteiger partial charge in [-0.15, -0.1) is 0 Å². The summed E-state index contributed by atoms with van der Waals surface area (Å²) < 4.78 is 5.73. The molecule has 1 aliphatic carbocycles. The van der Waals surface area contributed by atoms with Gasteiger partial charge in [0.2, 0.25) is 5.88 Å². The van der Waals surface area contributed by atoms with Crippen molar-refractivity contribution in [3.05, 3.63) is 48.2 Å². The topological polar surface area (TPSA) is 59.4 Å². The van der Waals surface area contributed by atoms with Gasteiger partial charge in [-0.2, -0.15) is 0 Å². The highest BCUT2D eigenvalue weighted by Gasteiger charge is 2.23. The zero-order chi connectivity index (χ0) is 13.9. The van der Waals surface area contributed by atoms with E-state index in [1.807, 2.05) is 30.3 Å². The molecule has 3 rings (SSSR count).